The Morgan fingerprint density at radius 3 is 2.75 bits per heavy atom. The monoisotopic (exact) mass is 279 g/mol. The Balaban J connectivity index is 1.90. The molecule has 3 unspecified atom stereocenters. The Kier molecular flexibility index (Phi) is 5.40. The first-order valence-corrected chi connectivity index (χ1v) is 7.24. The summed E-state index contributed by atoms with van der Waals surface area (Å²) in [7, 11) is 1.66. The van der Waals surface area contributed by atoms with Gasteiger partial charge in [0.1, 0.15) is 18.0 Å². The molecule has 1 aliphatic rings. The van der Waals surface area contributed by atoms with E-state index >= 15 is 0 Å². The Labute approximate surface area is 121 Å². The van der Waals surface area contributed by atoms with E-state index in [4.69, 9.17) is 19.9 Å². The largest absolute Gasteiger partial charge is 0.488 e. The van der Waals surface area contributed by atoms with Crippen molar-refractivity contribution in [3.63, 3.8) is 0 Å². The molecule has 1 aromatic carbocycles. The van der Waals surface area contributed by atoms with E-state index in [1.54, 1.807) is 7.11 Å². The minimum atomic E-state index is -0.0344. The third kappa shape index (κ3) is 3.72. The molecule has 0 heterocycles. The molecule has 2 N–H and O–H groups in total. The Morgan fingerprint density at radius 2 is 2.10 bits per heavy atom. The number of rotatable bonds is 7. The molecule has 0 saturated heterocycles. The van der Waals surface area contributed by atoms with Crippen molar-refractivity contribution in [1.82, 2.24) is 0 Å². The van der Waals surface area contributed by atoms with Crippen molar-refractivity contribution in [2.45, 2.75) is 44.4 Å². The molecule has 0 bridgehead atoms. The van der Waals surface area contributed by atoms with Crippen LogP contribution in [0.2, 0.25) is 0 Å². The summed E-state index contributed by atoms with van der Waals surface area (Å²) in [6.45, 7) is 5.49. The van der Waals surface area contributed by atoms with Crippen LogP contribution in [0.15, 0.2) is 24.3 Å². The summed E-state index contributed by atoms with van der Waals surface area (Å²) < 4.78 is 16.7. The SMILES string of the molecule is COCCOC1C(N)CC1Oc1cccc(C(C)C)c1. The molecule has 4 heteroatoms. The van der Waals surface area contributed by atoms with Gasteiger partial charge in [-0.05, 0) is 23.6 Å². The molecule has 0 amide bonds. The molecule has 0 spiro atoms. The van der Waals surface area contributed by atoms with Crippen LogP contribution >= 0.6 is 0 Å². The summed E-state index contributed by atoms with van der Waals surface area (Å²) in [6.07, 6.45) is 0.848. The van der Waals surface area contributed by atoms with Crippen LogP contribution in [0.1, 0.15) is 31.7 Å². The zero-order chi connectivity index (χ0) is 14.5. The normalized spacial score (nSPS) is 25.6. The predicted molar refractivity (Wildman–Crippen MR) is 79.2 cm³/mol. The zero-order valence-electron chi connectivity index (χ0n) is 12.5. The van der Waals surface area contributed by atoms with E-state index in [2.05, 4.69) is 26.0 Å². The second-order valence-electron chi connectivity index (χ2n) is 5.61. The van der Waals surface area contributed by atoms with E-state index < -0.39 is 0 Å². The zero-order valence-corrected chi connectivity index (χ0v) is 12.5. The molecule has 2 rings (SSSR count). The van der Waals surface area contributed by atoms with Crippen LogP contribution in [0.25, 0.3) is 0 Å². The van der Waals surface area contributed by atoms with Gasteiger partial charge in [-0.2, -0.15) is 0 Å². The molecule has 0 radical (unpaired) electrons. The van der Waals surface area contributed by atoms with Crippen LogP contribution in [0.5, 0.6) is 5.75 Å². The maximum Gasteiger partial charge on any atom is 0.128 e. The van der Waals surface area contributed by atoms with Gasteiger partial charge in [0.25, 0.3) is 0 Å². The Bertz CT molecular complexity index is 422. The van der Waals surface area contributed by atoms with E-state index in [1.165, 1.54) is 5.56 Å². The van der Waals surface area contributed by atoms with Gasteiger partial charge in [-0.15, -0.1) is 0 Å². The number of hydrogen-bond acceptors (Lipinski definition) is 4. The molecule has 0 aromatic heterocycles. The van der Waals surface area contributed by atoms with Crippen molar-refractivity contribution in [3.05, 3.63) is 29.8 Å². The number of ether oxygens (including phenoxy) is 3. The lowest BCUT2D eigenvalue weighted by molar-refractivity contribution is -0.107. The Hall–Kier alpha value is -1.10. The van der Waals surface area contributed by atoms with E-state index in [-0.39, 0.29) is 18.2 Å². The van der Waals surface area contributed by atoms with Gasteiger partial charge in [0, 0.05) is 19.6 Å². The van der Waals surface area contributed by atoms with Gasteiger partial charge in [0.2, 0.25) is 0 Å². The summed E-state index contributed by atoms with van der Waals surface area (Å²) in [6, 6.07) is 8.30. The van der Waals surface area contributed by atoms with Crippen LogP contribution in [0.4, 0.5) is 0 Å². The summed E-state index contributed by atoms with van der Waals surface area (Å²) >= 11 is 0. The number of methoxy groups -OCH3 is 1. The molecule has 1 fully saturated rings. The van der Waals surface area contributed by atoms with Gasteiger partial charge < -0.3 is 19.9 Å². The van der Waals surface area contributed by atoms with E-state index in [0.717, 1.165) is 12.2 Å². The average Bonchev–Trinajstić information content (AvgIpc) is 2.43. The van der Waals surface area contributed by atoms with Gasteiger partial charge in [0.15, 0.2) is 0 Å². The lowest BCUT2D eigenvalue weighted by atomic mass is 9.86. The summed E-state index contributed by atoms with van der Waals surface area (Å²) in [5.74, 6) is 1.39. The van der Waals surface area contributed by atoms with Crippen molar-refractivity contribution >= 4 is 0 Å². The summed E-state index contributed by atoms with van der Waals surface area (Å²) in [5, 5.41) is 0. The van der Waals surface area contributed by atoms with E-state index in [1.807, 2.05) is 12.1 Å². The van der Waals surface area contributed by atoms with Crippen molar-refractivity contribution in [1.29, 1.82) is 0 Å². The highest BCUT2D eigenvalue weighted by molar-refractivity contribution is 5.30. The molecule has 4 nitrogen and oxygen atoms in total. The highest BCUT2D eigenvalue weighted by Gasteiger charge is 2.41. The second-order valence-corrected chi connectivity index (χ2v) is 5.61. The highest BCUT2D eigenvalue weighted by Crippen LogP contribution is 2.29. The van der Waals surface area contributed by atoms with Crippen molar-refractivity contribution < 1.29 is 14.2 Å². The third-order valence-electron chi connectivity index (χ3n) is 3.70. The fourth-order valence-electron chi connectivity index (χ4n) is 2.35. The van der Waals surface area contributed by atoms with E-state index in [9.17, 15) is 0 Å². The smallest absolute Gasteiger partial charge is 0.128 e. The quantitative estimate of drug-likeness (QED) is 0.778. The first-order valence-electron chi connectivity index (χ1n) is 7.24. The minimum absolute atomic E-state index is 0.0344. The predicted octanol–water partition coefficient (Wildman–Crippen LogP) is 2.32. The minimum Gasteiger partial charge on any atom is -0.488 e. The maximum absolute atomic E-state index is 6.01. The first-order chi connectivity index (χ1) is 9.61. The van der Waals surface area contributed by atoms with E-state index in [0.29, 0.717) is 19.1 Å². The van der Waals surface area contributed by atoms with Crippen molar-refractivity contribution in [2.75, 3.05) is 20.3 Å². The van der Waals surface area contributed by atoms with Crippen molar-refractivity contribution in [3.8, 4) is 5.75 Å². The summed E-state index contributed by atoms with van der Waals surface area (Å²) in [4.78, 5) is 0. The van der Waals surface area contributed by atoms with Gasteiger partial charge >= 0.3 is 0 Å². The second kappa shape index (κ2) is 7.07. The average molecular weight is 279 g/mol. The lowest BCUT2D eigenvalue weighted by Crippen LogP contribution is -2.59. The number of hydrogen-bond donors (Lipinski definition) is 1. The third-order valence-corrected chi connectivity index (χ3v) is 3.70. The number of benzene rings is 1. The fraction of sp³-hybridized carbons (Fsp3) is 0.625. The lowest BCUT2D eigenvalue weighted by Gasteiger charge is -2.41. The topological polar surface area (TPSA) is 53.7 Å². The van der Waals surface area contributed by atoms with Gasteiger partial charge in [-0.1, -0.05) is 26.0 Å². The van der Waals surface area contributed by atoms with Crippen LogP contribution in [-0.4, -0.2) is 38.6 Å². The molecule has 20 heavy (non-hydrogen) atoms. The van der Waals surface area contributed by atoms with Gasteiger partial charge in [-0.3, -0.25) is 0 Å². The molecule has 3 atom stereocenters. The van der Waals surface area contributed by atoms with Crippen LogP contribution in [-0.2, 0) is 9.47 Å². The molecular weight excluding hydrogens is 254 g/mol. The van der Waals surface area contributed by atoms with Crippen LogP contribution in [0, 0.1) is 0 Å². The molecular formula is C16H25NO3. The molecule has 1 aromatic rings. The van der Waals surface area contributed by atoms with Gasteiger partial charge in [0.05, 0.1) is 13.2 Å². The van der Waals surface area contributed by atoms with Crippen molar-refractivity contribution in [2.24, 2.45) is 5.73 Å². The fourth-order valence-corrected chi connectivity index (χ4v) is 2.35. The van der Waals surface area contributed by atoms with Crippen LogP contribution in [0.3, 0.4) is 0 Å². The maximum atomic E-state index is 6.01. The molecule has 112 valence electrons. The molecule has 1 saturated carbocycles. The first kappa shape index (κ1) is 15.3. The van der Waals surface area contributed by atoms with Gasteiger partial charge in [-0.25, -0.2) is 0 Å². The standard InChI is InChI=1S/C16H25NO3/c1-11(2)12-5-4-6-13(9-12)20-15-10-14(17)16(15)19-8-7-18-3/h4-6,9,11,14-16H,7-8,10,17H2,1-3H3. The molecule has 1 aliphatic carbocycles. The van der Waals surface area contributed by atoms with Crippen LogP contribution < -0.4 is 10.5 Å². The number of nitrogens with two attached hydrogens (primary N) is 1. The Morgan fingerprint density at radius 1 is 1.30 bits per heavy atom. The highest BCUT2D eigenvalue weighted by atomic mass is 16.6. The summed E-state index contributed by atoms with van der Waals surface area (Å²) in [5.41, 5.74) is 7.26. The molecule has 0 aliphatic heterocycles.